The quantitative estimate of drug-likeness (QED) is 0.799. The SMILES string of the molecule is C#CC1(c2ccc(C(F)(F)F)cc2NC(=O)OC(C)(C)C)CC1. The van der Waals surface area contributed by atoms with Gasteiger partial charge in [-0.25, -0.2) is 4.79 Å². The third-order valence-corrected chi connectivity index (χ3v) is 3.52. The molecule has 0 bridgehead atoms. The highest BCUT2D eigenvalue weighted by Crippen LogP contribution is 2.51. The van der Waals surface area contributed by atoms with E-state index in [2.05, 4.69) is 11.2 Å². The van der Waals surface area contributed by atoms with Crippen molar-refractivity contribution in [1.82, 2.24) is 0 Å². The van der Waals surface area contributed by atoms with Gasteiger partial charge in [0.05, 0.1) is 11.0 Å². The number of nitrogens with one attached hydrogen (secondary N) is 1. The molecule has 1 aliphatic carbocycles. The van der Waals surface area contributed by atoms with Crippen LogP contribution >= 0.6 is 0 Å². The van der Waals surface area contributed by atoms with Crippen LogP contribution in [0.25, 0.3) is 0 Å². The van der Waals surface area contributed by atoms with Gasteiger partial charge in [-0.15, -0.1) is 6.42 Å². The predicted octanol–water partition coefficient (Wildman–Crippen LogP) is 4.72. The molecular formula is C17H18F3NO2. The Morgan fingerprint density at radius 2 is 1.91 bits per heavy atom. The smallest absolute Gasteiger partial charge is 0.416 e. The fourth-order valence-corrected chi connectivity index (χ4v) is 2.27. The summed E-state index contributed by atoms with van der Waals surface area (Å²) in [7, 11) is 0. The standard InChI is InChI=1S/C17H18F3NO2/c1-5-16(8-9-16)12-7-6-11(17(18,19)20)10-13(12)21-14(22)23-15(2,3)4/h1,6-7,10H,8-9H2,2-4H3,(H,21,22). The maximum absolute atomic E-state index is 12.9. The minimum Gasteiger partial charge on any atom is -0.444 e. The molecule has 0 aromatic heterocycles. The molecule has 0 saturated heterocycles. The van der Waals surface area contributed by atoms with Crippen molar-refractivity contribution in [3.63, 3.8) is 0 Å². The molecule has 1 fully saturated rings. The van der Waals surface area contributed by atoms with Crippen molar-refractivity contribution in [3.8, 4) is 12.3 Å². The third-order valence-electron chi connectivity index (χ3n) is 3.52. The molecule has 23 heavy (non-hydrogen) atoms. The number of terminal acetylenes is 1. The fourth-order valence-electron chi connectivity index (χ4n) is 2.27. The summed E-state index contributed by atoms with van der Waals surface area (Å²) in [5.41, 5.74) is -1.65. The number of ether oxygens (including phenoxy) is 1. The van der Waals surface area contributed by atoms with Crippen molar-refractivity contribution in [2.24, 2.45) is 0 Å². The van der Waals surface area contributed by atoms with Crippen LogP contribution in [0.5, 0.6) is 0 Å². The minimum atomic E-state index is -4.50. The molecule has 0 aliphatic heterocycles. The molecule has 1 amide bonds. The first-order valence-electron chi connectivity index (χ1n) is 7.16. The van der Waals surface area contributed by atoms with Gasteiger partial charge in [0.25, 0.3) is 0 Å². The zero-order valence-electron chi connectivity index (χ0n) is 13.2. The normalized spacial score (nSPS) is 16.4. The molecule has 0 spiro atoms. The van der Waals surface area contributed by atoms with Crippen LogP contribution in [0.1, 0.15) is 44.7 Å². The van der Waals surface area contributed by atoms with Crippen molar-refractivity contribution in [2.45, 2.75) is 50.8 Å². The van der Waals surface area contributed by atoms with Crippen LogP contribution in [0.3, 0.4) is 0 Å². The van der Waals surface area contributed by atoms with Crippen LogP contribution in [0.2, 0.25) is 0 Å². The van der Waals surface area contributed by atoms with Crippen LogP contribution in [-0.4, -0.2) is 11.7 Å². The molecule has 1 aliphatic rings. The van der Waals surface area contributed by atoms with Crippen molar-refractivity contribution in [3.05, 3.63) is 29.3 Å². The number of carbonyl (C=O) groups excluding carboxylic acids is 1. The Labute approximate surface area is 133 Å². The molecule has 124 valence electrons. The second kappa shape index (κ2) is 5.48. The molecule has 3 nitrogen and oxygen atoms in total. The van der Waals surface area contributed by atoms with Gasteiger partial charge in [-0.1, -0.05) is 12.0 Å². The molecule has 0 radical (unpaired) electrons. The summed E-state index contributed by atoms with van der Waals surface area (Å²) in [4.78, 5) is 11.9. The highest BCUT2D eigenvalue weighted by atomic mass is 19.4. The largest absolute Gasteiger partial charge is 0.444 e. The van der Waals surface area contributed by atoms with Gasteiger partial charge in [0.15, 0.2) is 0 Å². The summed E-state index contributed by atoms with van der Waals surface area (Å²) >= 11 is 0. The molecule has 0 unspecified atom stereocenters. The molecule has 1 aromatic rings. The van der Waals surface area contributed by atoms with E-state index < -0.39 is 28.8 Å². The minimum absolute atomic E-state index is 0.0459. The number of alkyl halides is 3. The lowest BCUT2D eigenvalue weighted by molar-refractivity contribution is -0.137. The lowest BCUT2D eigenvalue weighted by atomic mass is 9.93. The number of rotatable bonds is 2. The maximum Gasteiger partial charge on any atom is 0.416 e. The van der Waals surface area contributed by atoms with Crippen LogP contribution in [-0.2, 0) is 16.3 Å². The van der Waals surface area contributed by atoms with E-state index in [0.717, 1.165) is 12.1 Å². The second-order valence-corrected chi connectivity index (χ2v) is 6.61. The van der Waals surface area contributed by atoms with Gasteiger partial charge in [-0.2, -0.15) is 13.2 Å². The van der Waals surface area contributed by atoms with E-state index in [1.165, 1.54) is 6.07 Å². The number of hydrogen-bond acceptors (Lipinski definition) is 2. The van der Waals surface area contributed by atoms with Gasteiger partial charge in [0.1, 0.15) is 5.60 Å². The van der Waals surface area contributed by atoms with Crippen LogP contribution in [0, 0.1) is 12.3 Å². The summed E-state index contributed by atoms with van der Waals surface area (Å²) in [5.74, 6) is 2.62. The summed E-state index contributed by atoms with van der Waals surface area (Å²) in [6.07, 6.45) is 1.55. The summed E-state index contributed by atoms with van der Waals surface area (Å²) in [6.45, 7) is 5.01. The summed E-state index contributed by atoms with van der Waals surface area (Å²) in [6, 6.07) is 3.21. The first-order chi connectivity index (χ1) is 10.5. The number of halogens is 3. The lowest BCUT2D eigenvalue weighted by Gasteiger charge is -2.22. The summed E-state index contributed by atoms with van der Waals surface area (Å²) < 4.78 is 43.9. The van der Waals surface area contributed by atoms with Crippen molar-refractivity contribution < 1.29 is 22.7 Å². The fraction of sp³-hybridized carbons (Fsp3) is 0.471. The zero-order valence-corrected chi connectivity index (χ0v) is 13.2. The Balaban J connectivity index is 2.38. The van der Waals surface area contributed by atoms with Crippen molar-refractivity contribution in [1.29, 1.82) is 0 Å². The Hall–Kier alpha value is -2.16. The number of carbonyl (C=O) groups is 1. The molecule has 1 aromatic carbocycles. The lowest BCUT2D eigenvalue weighted by Crippen LogP contribution is -2.28. The highest BCUT2D eigenvalue weighted by Gasteiger charge is 2.45. The Morgan fingerprint density at radius 1 is 1.30 bits per heavy atom. The van der Waals surface area contributed by atoms with Crippen LogP contribution in [0.15, 0.2) is 18.2 Å². The predicted molar refractivity (Wildman–Crippen MR) is 81.0 cm³/mol. The Morgan fingerprint density at radius 3 is 2.35 bits per heavy atom. The van der Waals surface area contributed by atoms with E-state index in [-0.39, 0.29) is 5.69 Å². The van der Waals surface area contributed by atoms with Crippen LogP contribution in [0.4, 0.5) is 23.7 Å². The van der Waals surface area contributed by atoms with Crippen LogP contribution < -0.4 is 5.32 Å². The second-order valence-electron chi connectivity index (χ2n) is 6.61. The highest BCUT2D eigenvalue weighted by molar-refractivity contribution is 5.87. The number of hydrogen-bond donors (Lipinski definition) is 1. The molecule has 0 atom stereocenters. The van der Waals surface area contributed by atoms with E-state index in [4.69, 9.17) is 11.2 Å². The number of benzene rings is 1. The Bertz CT molecular complexity index is 662. The van der Waals surface area contributed by atoms with E-state index in [1.54, 1.807) is 20.8 Å². The van der Waals surface area contributed by atoms with Gasteiger partial charge < -0.3 is 4.74 Å². The first-order valence-corrected chi connectivity index (χ1v) is 7.16. The third kappa shape index (κ3) is 3.98. The molecule has 1 N–H and O–H groups in total. The zero-order chi connectivity index (χ0) is 17.5. The van der Waals surface area contributed by atoms with Gasteiger partial charge in [0, 0.05) is 5.69 Å². The van der Waals surface area contributed by atoms with E-state index in [1.807, 2.05) is 0 Å². The van der Waals surface area contributed by atoms with Gasteiger partial charge >= 0.3 is 12.3 Å². The molecule has 2 rings (SSSR count). The molecular weight excluding hydrogens is 307 g/mol. The summed E-state index contributed by atoms with van der Waals surface area (Å²) in [5, 5.41) is 2.40. The molecule has 0 heterocycles. The molecule has 6 heteroatoms. The van der Waals surface area contributed by atoms with Crippen molar-refractivity contribution >= 4 is 11.8 Å². The van der Waals surface area contributed by atoms with Crippen molar-refractivity contribution in [2.75, 3.05) is 5.32 Å². The van der Waals surface area contributed by atoms with Gasteiger partial charge in [-0.05, 0) is 51.3 Å². The number of anilines is 1. The average Bonchev–Trinajstić information content (AvgIpc) is 3.16. The maximum atomic E-state index is 12.9. The Kier molecular flexibility index (Phi) is 4.10. The topological polar surface area (TPSA) is 38.3 Å². The van der Waals surface area contributed by atoms with Gasteiger partial charge in [0.2, 0.25) is 0 Å². The monoisotopic (exact) mass is 325 g/mol. The van der Waals surface area contributed by atoms with Gasteiger partial charge in [-0.3, -0.25) is 5.32 Å². The van der Waals surface area contributed by atoms with E-state index in [0.29, 0.717) is 18.4 Å². The van der Waals surface area contributed by atoms with E-state index in [9.17, 15) is 18.0 Å². The average molecular weight is 325 g/mol. The number of amides is 1. The molecule has 1 saturated carbocycles. The van der Waals surface area contributed by atoms with E-state index >= 15 is 0 Å². The first kappa shape index (κ1) is 17.2.